The number of carbonyl (C=O) groups is 1. The molecule has 0 aliphatic carbocycles. The molecule has 0 saturated heterocycles. The van der Waals surface area contributed by atoms with Gasteiger partial charge in [-0.1, -0.05) is 11.6 Å². The Kier molecular flexibility index (Phi) is 2.43. The lowest BCUT2D eigenvalue weighted by Crippen LogP contribution is -2.25. The van der Waals surface area contributed by atoms with Gasteiger partial charge in [-0.2, -0.15) is 0 Å². The summed E-state index contributed by atoms with van der Waals surface area (Å²) in [7, 11) is 1.74. The predicted octanol–water partition coefficient (Wildman–Crippen LogP) is 1.40. The average Bonchev–Trinajstić information content (AvgIpc) is 2.78. The number of aliphatic imine (C=N–C) groups is 1. The number of thiocarbonyl (C=S) groups is 1. The molecule has 0 unspecified atom stereocenters. The highest BCUT2D eigenvalue weighted by atomic mass is 32.1. The van der Waals surface area contributed by atoms with Gasteiger partial charge < -0.3 is 9.67 Å². The number of carbonyl (C=O) groups excluding carboxylic acids is 1. The summed E-state index contributed by atoms with van der Waals surface area (Å²) in [6.45, 7) is 1.95. The van der Waals surface area contributed by atoms with Crippen molar-refractivity contribution in [1.82, 2.24) is 9.88 Å². The molecule has 5 nitrogen and oxygen atoms in total. The molecule has 6 heteroatoms. The van der Waals surface area contributed by atoms with Crippen LogP contribution in [0.4, 0.5) is 0 Å². The van der Waals surface area contributed by atoms with E-state index in [1.807, 2.05) is 25.1 Å². The van der Waals surface area contributed by atoms with Crippen molar-refractivity contribution in [2.45, 2.75) is 6.92 Å². The Hall–Kier alpha value is -2.21. The van der Waals surface area contributed by atoms with Crippen molar-refractivity contribution in [3.8, 4) is 5.88 Å². The van der Waals surface area contributed by atoms with Gasteiger partial charge in [-0.3, -0.25) is 10.1 Å². The number of aromatic nitrogens is 1. The second-order valence-corrected chi connectivity index (χ2v) is 4.88. The van der Waals surface area contributed by atoms with Gasteiger partial charge in [0.05, 0.1) is 11.1 Å². The first-order valence-corrected chi connectivity index (χ1v) is 6.12. The second kappa shape index (κ2) is 3.89. The summed E-state index contributed by atoms with van der Waals surface area (Å²) in [5, 5.41) is 13.6. The van der Waals surface area contributed by atoms with E-state index in [9.17, 15) is 9.90 Å². The number of aromatic hydroxyl groups is 1. The van der Waals surface area contributed by atoms with E-state index in [0.29, 0.717) is 5.56 Å². The third kappa shape index (κ3) is 1.64. The van der Waals surface area contributed by atoms with Crippen LogP contribution < -0.4 is 5.32 Å². The Morgan fingerprint density at radius 3 is 2.79 bits per heavy atom. The van der Waals surface area contributed by atoms with Crippen LogP contribution in [0.5, 0.6) is 5.88 Å². The van der Waals surface area contributed by atoms with Crippen molar-refractivity contribution < 1.29 is 9.90 Å². The average molecular weight is 273 g/mol. The first kappa shape index (κ1) is 11.9. The lowest BCUT2D eigenvalue weighted by Gasteiger charge is -1.98. The number of amides is 1. The molecule has 2 aromatic rings. The highest BCUT2D eigenvalue weighted by Crippen LogP contribution is 2.32. The Morgan fingerprint density at radius 1 is 1.42 bits per heavy atom. The number of nitrogens with zero attached hydrogens (tertiary/aromatic N) is 2. The van der Waals surface area contributed by atoms with Crippen LogP contribution in [-0.2, 0) is 11.8 Å². The Morgan fingerprint density at radius 2 is 2.16 bits per heavy atom. The van der Waals surface area contributed by atoms with E-state index < -0.39 is 0 Å². The fraction of sp³-hybridized carbons (Fsp3) is 0.154. The number of aryl methyl sites for hydroxylation is 2. The van der Waals surface area contributed by atoms with E-state index in [2.05, 4.69) is 10.3 Å². The molecule has 0 atom stereocenters. The zero-order valence-corrected chi connectivity index (χ0v) is 11.2. The molecule has 19 heavy (non-hydrogen) atoms. The van der Waals surface area contributed by atoms with Gasteiger partial charge in [0.25, 0.3) is 5.91 Å². The highest BCUT2D eigenvalue weighted by Gasteiger charge is 2.28. The van der Waals surface area contributed by atoms with Crippen molar-refractivity contribution in [3.63, 3.8) is 0 Å². The maximum Gasteiger partial charge on any atom is 0.277 e. The number of hydrogen-bond acceptors (Lipinski definition) is 3. The normalized spacial score (nSPS) is 14.9. The van der Waals surface area contributed by atoms with Crippen LogP contribution in [0.15, 0.2) is 23.2 Å². The molecule has 0 bridgehead atoms. The van der Waals surface area contributed by atoms with Gasteiger partial charge in [0.15, 0.2) is 0 Å². The summed E-state index contributed by atoms with van der Waals surface area (Å²) in [6, 6.07) is 5.77. The monoisotopic (exact) mass is 273 g/mol. The summed E-state index contributed by atoms with van der Waals surface area (Å²) in [5.74, 6) is -0.367. The van der Waals surface area contributed by atoms with Gasteiger partial charge in [-0.15, -0.1) is 0 Å². The Bertz CT molecular complexity index is 774. The zero-order valence-electron chi connectivity index (χ0n) is 10.4. The van der Waals surface area contributed by atoms with Gasteiger partial charge in [0, 0.05) is 12.4 Å². The summed E-state index contributed by atoms with van der Waals surface area (Å²) in [6.07, 6.45) is 0. The fourth-order valence-corrected chi connectivity index (χ4v) is 2.47. The van der Waals surface area contributed by atoms with Crippen molar-refractivity contribution in [1.29, 1.82) is 0 Å². The molecule has 1 aromatic heterocycles. The molecule has 1 aromatic carbocycles. The molecule has 0 saturated carbocycles. The summed E-state index contributed by atoms with van der Waals surface area (Å²) in [5.41, 5.74) is 2.48. The number of benzene rings is 1. The van der Waals surface area contributed by atoms with Crippen molar-refractivity contribution in [2.75, 3.05) is 0 Å². The number of fused-ring (bicyclic) bond motifs is 1. The molecule has 0 radical (unpaired) electrons. The molecule has 0 spiro atoms. The molecule has 1 amide bonds. The van der Waals surface area contributed by atoms with E-state index in [4.69, 9.17) is 12.2 Å². The maximum absolute atomic E-state index is 11.8. The van der Waals surface area contributed by atoms with Crippen LogP contribution >= 0.6 is 12.2 Å². The minimum Gasteiger partial charge on any atom is -0.494 e. The summed E-state index contributed by atoms with van der Waals surface area (Å²) in [4.78, 5) is 15.8. The molecule has 2 N–H and O–H groups in total. The van der Waals surface area contributed by atoms with Crippen molar-refractivity contribution in [3.05, 3.63) is 29.3 Å². The van der Waals surface area contributed by atoms with Gasteiger partial charge in [0.1, 0.15) is 5.71 Å². The number of hydrogen-bond donors (Lipinski definition) is 2. The van der Waals surface area contributed by atoms with Crippen LogP contribution in [-0.4, -0.2) is 26.4 Å². The van der Waals surface area contributed by atoms with Crippen molar-refractivity contribution in [2.24, 2.45) is 12.0 Å². The molecular formula is C13H11N3O2S. The van der Waals surface area contributed by atoms with E-state index in [1.54, 1.807) is 11.6 Å². The minimum atomic E-state index is -0.380. The summed E-state index contributed by atoms with van der Waals surface area (Å²) < 4.78 is 1.63. The first-order chi connectivity index (χ1) is 8.99. The minimum absolute atomic E-state index is 0.0131. The maximum atomic E-state index is 11.8. The lowest BCUT2D eigenvalue weighted by atomic mass is 10.1. The molecule has 1 aliphatic rings. The van der Waals surface area contributed by atoms with E-state index in [1.165, 1.54) is 0 Å². The number of nitrogens with one attached hydrogen (secondary N) is 1. The topological polar surface area (TPSA) is 66.6 Å². The molecule has 96 valence electrons. The molecule has 2 heterocycles. The lowest BCUT2D eigenvalue weighted by molar-refractivity contribution is -0.113. The van der Waals surface area contributed by atoms with Gasteiger partial charge in [-0.25, -0.2) is 4.99 Å². The standard InChI is InChI=1S/C13H11N3O2S/c1-6-3-4-8-7(5-6)9(12(18)16(8)2)10-11(17)15-13(19)14-10/h3-5,18H,1-2H3,(H,15,17,19). The third-order valence-electron chi connectivity index (χ3n) is 3.21. The van der Waals surface area contributed by atoms with Gasteiger partial charge in [0.2, 0.25) is 11.0 Å². The predicted molar refractivity (Wildman–Crippen MR) is 76.6 cm³/mol. The van der Waals surface area contributed by atoms with E-state index >= 15 is 0 Å². The molecular weight excluding hydrogens is 262 g/mol. The fourth-order valence-electron chi connectivity index (χ4n) is 2.28. The van der Waals surface area contributed by atoms with E-state index in [-0.39, 0.29) is 22.6 Å². The van der Waals surface area contributed by atoms with Crippen LogP contribution in [0.2, 0.25) is 0 Å². The van der Waals surface area contributed by atoms with Crippen LogP contribution in [0, 0.1) is 6.92 Å². The highest BCUT2D eigenvalue weighted by molar-refractivity contribution is 7.80. The number of rotatable bonds is 1. The smallest absolute Gasteiger partial charge is 0.277 e. The second-order valence-electron chi connectivity index (χ2n) is 4.50. The Balaban J connectivity index is 2.38. The summed E-state index contributed by atoms with van der Waals surface area (Å²) >= 11 is 4.86. The zero-order chi connectivity index (χ0) is 13.7. The van der Waals surface area contributed by atoms with Gasteiger partial charge in [-0.05, 0) is 31.3 Å². The van der Waals surface area contributed by atoms with Crippen LogP contribution in [0.25, 0.3) is 10.9 Å². The third-order valence-corrected chi connectivity index (χ3v) is 3.40. The van der Waals surface area contributed by atoms with Gasteiger partial charge >= 0.3 is 0 Å². The molecule has 1 aliphatic heterocycles. The quantitative estimate of drug-likeness (QED) is 0.772. The Labute approximate surface area is 114 Å². The molecule has 3 rings (SSSR count). The SMILES string of the molecule is Cc1ccc2c(c1)c(C1=NC(=S)NC1=O)c(O)n2C. The molecule has 0 fully saturated rings. The van der Waals surface area contributed by atoms with Crippen molar-refractivity contribution >= 4 is 39.9 Å². The van der Waals surface area contributed by atoms with Crippen LogP contribution in [0.1, 0.15) is 11.1 Å². The van der Waals surface area contributed by atoms with E-state index in [0.717, 1.165) is 16.5 Å². The largest absolute Gasteiger partial charge is 0.494 e. The van der Waals surface area contributed by atoms with Crippen LogP contribution in [0.3, 0.4) is 0 Å². The first-order valence-electron chi connectivity index (χ1n) is 5.71.